The Hall–Kier alpha value is -1.10. The molecule has 17 heavy (non-hydrogen) atoms. The van der Waals surface area contributed by atoms with Gasteiger partial charge >= 0.3 is 0 Å². The molecule has 0 saturated carbocycles. The van der Waals surface area contributed by atoms with Crippen LogP contribution in [0, 0.1) is 0 Å². The summed E-state index contributed by atoms with van der Waals surface area (Å²) in [4.78, 5) is 4.21. The summed E-state index contributed by atoms with van der Waals surface area (Å²) in [6.45, 7) is 3.60. The van der Waals surface area contributed by atoms with Gasteiger partial charge in [0.2, 0.25) is 0 Å². The van der Waals surface area contributed by atoms with Gasteiger partial charge in [-0.2, -0.15) is 4.98 Å². The Morgan fingerprint density at radius 2 is 1.76 bits per heavy atom. The third-order valence-electron chi connectivity index (χ3n) is 2.11. The summed E-state index contributed by atoms with van der Waals surface area (Å²) in [6, 6.07) is 5.04. The van der Waals surface area contributed by atoms with Crippen molar-refractivity contribution in [2.75, 3.05) is 0 Å². The Kier molecular flexibility index (Phi) is 3.12. The molecular weight excluding hydrogens is 261 g/mol. The van der Waals surface area contributed by atoms with Crippen molar-refractivity contribution >= 4 is 23.2 Å². The molecule has 0 saturated heterocycles. The minimum absolute atomic E-state index is 0.350. The highest BCUT2D eigenvalue weighted by atomic mass is 35.5. The smallest absolute Gasteiger partial charge is 0.258 e. The fourth-order valence-corrected chi connectivity index (χ4v) is 1.81. The van der Waals surface area contributed by atoms with Gasteiger partial charge in [0.05, 0.1) is 5.54 Å². The molecule has 0 bridgehead atoms. The minimum atomic E-state index is -0.649. The molecule has 90 valence electrons. The molecule has 0 aliphatic rings. The van der Waals surface area contributed by atoms with Gasteiger partial charge in [-0.15, -0.1) is 0 Å². The van der Waals surface area contributed by atoms with Crippen molar-refractivity contribution < 1.29 is 4.52 Å². The zero-order chi connectivity index (χ0) is 12.6. The molecule has 4 nitrogen and oxygen atoms in total. The number of rotatable bonds is 2. The number of hydrogen-bond donors (Lipinski definition) is 1. The van der Waals surface area contributed by atoms with Crippen LogP contribution in [0.4, 0.5) is 0 Å². The number of aromatic nitrogens is 2. The predicted molar refractivity (Wildman–Crippen MR) is 67.0 cm³/mol. The van der Waals surface area contributed by atoms with E-state index in [9.17, 15) is 0 Å². The minimum Gasteiger partial charge on any atom is -0.334 e. The maximum Gasteiger partial charge on any atom is 0.258 e. The van der Waals surface area contributed by atoms with E-state index in [0.717, 1.165) is 0 Å². The first-order valence-corrected chi connectivity index (χ1v) is 5.71. The summed E-state index contributed by atoms with van der Waals surface area (Å²) in [5.74, 6) is 0.784. The lowest BCUT2D eigenvalue weighted by Crippen LogP contribution is -2.30. The summed E-state index contributed by atoms with van der Waals surface area (Å²) >= 11 is 11.8. The summed E-state index contributed by atoms with van der Waals surface area (Å²) in [5.41, 5.74) is 5.89. The Morgan fingerprint density at radius 3 is 2.24 bits per heavy atom. The molecule has 1 aromatic heterocycles. The van der Waals surface area contributed by atoms with Crippen LogP contribution in [0.3, 0.4) is 0 Å². The van der Waals surface area contributed by atoms with Gasteiger partial charge < -0.3 is 10.3 Å². The van der Waals surface area contributed by atoms with Gasteiger partial charge in [0.1, 0.15) is 0 Å². The topological polar surface area (TPSA) is 64.9 Å². The molecule has 2 N–H and O–H groups in total. The Labute approximate surface area is 109 Å². The number of nitrogens with zero attached hydrogens (tertiary/aromatic N) is 2. The maximum absolute atomic E-state index is 5.90. The first-order chi connectivity index (χ1) is 7.86. The van der Waals surface area contributed by atoms with Gasteiger partial charge in [0.15, 0.2) is 5.82 Å². The molecule has 0 radical (unpaired) electrons. The lowest BCUT2D eigenvalue weighted by Gasteiger charge is -2.11. The zero-order valence-electron chi connectivity index (χ0n) is 9.37. The van der Waals surface area contributed by atoms with Crippen molar-refractivity contribution in [1.82, 2.24) is 10.1 Å². The maximum atomic E-state index is 5.90. The molecule has 1 aromatic carbocycles. The van der Waals surface area contributed by atoms with E-state index in [2.05, 4.69) is 10.1 Å². The van der Waals surface area contributed by atoms with Crippen molar-refractivity contribution in [2.45, 2.75) is 19.4 Å². The van der Waals surface area contributed by atoms with Gasteiger partial charge in [0.25, 0.3) is 5.89 Å². The molecule has 0 aliphatic heterocycles. The lowest BCUT2D eigenvalue weighted by atomic mass is 10.1. The first-order valence-electron chi connectivity index (χ1n) is 4.96. The number of halogens is 2. The Morgan fingerprint density at radius 1 is 1.18 bits per heavy atom. The monoisotopic (exact) mass is 271 g/mol. The lowest BCUT2D eigenvalue weighted by molar-refractivity contribution is 0.397. The molecule has 0 fully saturated rings. The molecule has 0 aliphatic carbocycles. The van der Waals surface area contributed by atoms with Crippen LogP contribution in [-0.4, -0.2) is 10.1 Å². The van der Waals surface area contributed by atoms with Gasteiger partial charge in [-0.1, -0.05) is 28.4 Å². The van der Waals surface area contributed by atoms with E-state index in [1.54, 1.807) is 32.0 Å². The molecule has 2 aromatic rings. The molecular formula is C11H11Cl2N3O. The van der Waals surface area contributed by atoms with Crippen LogP contribution < -0.4 is 5.73 Å². The first kappa shape index (κ1) is 12.4. The van der Waals surface area contributed by atoms with Crippen molar-refractivity contribution in [3.05, 3.63) is 34.1 Å². The van der Waals surface area contributed by atoms with E-state index in [0.29, 0.717) is 27.3 Å². The van der Waals surface area contributed by atoms with E-state index in [1.807, 2.05) is 0 Å². The largest absolute Gasteiger partial charge is 0.334 e. The second kappa shape index (κ2) is 4.29. The van der Waals surface area contributed by atoms with Gasteiger partial charge in [0, 0.05) is 15.6 Å². The average Bonchev–Trinajstić information content (AvgIpc) is 2.63. The van der Waals surface area contributed by atoms with Gasteiger partial charge in [-0.05, 0) is 32.0 Å². The van der Waals surface area contributed by atoms with E-state index in [4.69, 9.17) is 33.5 Å². The molecule has 2 rings (SSSR count). The van der Waals surface area contributed by atoms with Crippen LogP contribution in [0.25, 0.3) is 11.5 Å². The van der Waals surface area contributed by atoms with Crippen molar-refractivity contribution in [2.24, 2.45) is 5.73 Å². The van der Waals surface area contributed by atoms with Gasteiger partial charge in [-0.3, -0.25) is 0 Å². The highest BCUT2D eigenvalue weighted by molar-refractivity contribution is 6.35. The molecule has 1 heterocycles. The molecule has 0 unspecified atom stereocenters. The molecule has 0 spiro atoms. The standard InChI is InChI=1S/C11H11Cl2N3O/c1-11(2,14)10-15-9(17-16-10)6-3-7(12)5-8(13)4-6/h3-5H,14H2,1-2H3. The highest BCUT2D eigenvalue weighted by Gasteiger charge is 2.22. The summed E-state index contributed by atoms with van der Waals surface area (Å²) in [6.07, 6.45) is 0. The van der Waals surface area contributed by atoms with Crippen molar-refractivity contribution in [1.29, 1.82) is 0 Å². The third kappa shape index (κ3) is 2.77. The number of nitrogens with two attached hydrogens (primary N) is 1. The number of hydrogen-bond acceptors (Lipinski definition) is 4. The van der Waals surface area contributed by atoms with E-state index in [-0.39, 0.29) is 0 Å². The molecule has 0 amide bonds. The SMILES string of the molecule is CC(C)(N)c1noc(-c2cc(Cl)cc(Cl)c2)n1. The van der Waals surface area contributed by atoms with Crippen LogP contribution in [0.2, 0.25) is 10.0 Å². The van der Waals surface area contributed by atoms with Crippen LogP contribution in [0.15, 0.2) is 22.7 Å². The van der Waals surface area contributed by atoms with Gasteiger partial charge in [-0.25, -0.2) is 0 Å². The van der Waals surface area contributed by atoms with E-state index >= 15 is 0 Å². The average molecular weight is 272 g/mol. The summed E-state index contributed by atoms with van der Waals surface area (Å²) < 4.78 is 5.13. The molecule has 0 atom stereocenters. The Balaban J connectivity index is 2.44. The third-order valence-corrected chi connectivity index (χ3v) is 2.55. The normalized spacial score (nSPS) is 11.8. The molecule has 6 heteroatoms. The highest BCUT2D eigenvalue weighted by Crippen LogP contribution is 2.27. The van der Waals surface area contributed by atoms with Crippen LogP contribution >= 0.6 is 23.2 Å². The Bertz CT molecular complexity index is 526. The van der Waals surface area contributed by atoms with E-state index < -0.39 is 5.54 Å². The number of benzene rings is 1. The predicted octanol–water partition coefficient (Wildman–Crippen LogP) is 3.24. The van der Waals surface area contributed by atoms with Crippen molar-refractivity contribution in [3.8, 4) is 11.5 Å². The van der Waals surface area contributed by atoms with Crippen molar-refractivity contribution in [3.63, 3.8) is 0 Å². The second-order valence-corrected chi connectivity index (χ2v) is 5.18. The summed E-state index contributed by atoms with van der Waals surface area (Å²) in [7, 11) is 0. The zero-order valence-corrected chi connectivity index (χ0v) is 10.9. The van der Waals surface area contributed by atoms with E-state index in [1.165, 1.54) is 0 Å². The second-order valence-electron chi connectivity index (χ2n) is 4.30. The fraction of sp³-hybridized carbons (Fsp3) is 0.273. The quantitative estimate of drug-likeness (QED) is 0.911. The van der Waals surface area contributed by atoms with Crippen LogP contribution in [0.1, 0.15) is 19.7 Å². The van der Waals surface area contributed by atoms with Crippen LogP contribution in [0.5, 0.6) is 0 Å². The van der Waals surface area contributed by atoms with Crippen LogP contribution in [-0.2, 0) is 5.54 Å². The summed E-state index contributed by atoms with van der Waals surface area (Å²) in [5, 5.41) is 4.85. The fourth-order valence-electron chi connectivity index (χ4n) is 1.28.